The minimum atomic E-state index is 0.782. The van der Waals surface area contributed by atoms with Gasteiger partial charge in [0.05, 0.1) is 0 Å². The highest BCUT2D eigenvalue weighted by atomic mass is 14.5. The third kappa shape index (κ3) is 7.93. The van der Waals surface area contributed by atoms with Gasteiger partial charge in [-0.15, -0.1) is 0 Å². The number of unbranched alkanes of at least 4 members (excludes halogenated alkanes) is 8. The quantitative estimate of drug-likeness (QED) is 0.269. The molecule has 2 N–H and O–H groups in total. The summed E-state index contributed by atoms with van der Waals surface area (Å²) in [6, 6.07) is 8.68. The van der Waals surface area contributed by atoms with Crippen LogP contribution < -0.4 is 5.73 Å². The van der Waals surface area contributed by atoms with Crippen molar-refractivity contribution < 1.29 is 0 Å². The molecular formula is C29H49N. The molecule has 1 nitrogen and oxygen atoms in total. The van der Waals surface area contributed by atoms with E-state index in [4.69, 9.17) is 5.73 Å². The van der Waals surface area contributed by atoms with E-state index >= 15 is 0 Å². The zero-order valence-corrected chi connectivity index (χ0v) is 19.9. The molecule has 2 saturated carbocycles. The van der Waals surface area contributed by atoms with Gasteiger partial charge < -0.3 is 5.73 Å². The molecule has 0 radical (unpaired) electrons. The smallest absolute Gasteiger partial charge is 0.0314 e. The first kappa shape index (κ1) is 23.7. The van der Waals surface area contributed by atoms with Crippen molar-refractivity contribution in [3.8, 4) is 0 Å². The molecule has 1 heteroatoms. The normalized spacial score (nSPS) is 27.2. The minimum Gasteiger partial charge on any atom is -0.399 e. The molecule has 30 heavy (non-hydrogen) atoms. The first-order chi connectivity index (χ1) is 14.8. The fraction of sp³-hybridized carbons (Fsp3) is 0.793. The number of nitrogens with two attached hydrogens (primary N) is 1. The second-order valence-corrected chi connectivity index (χ2v) is 10.7. The van der Waals surface area contributed by atoms with Gasteiger partial charge in [0, 0.05) is 5.69 Å². The zero-order chi connectivity index (χ0) is 21.0. The molecule has 0 heterocycles. The van der Waals surface area contributed by atoms with Crippen molar-refractivity contribution in [2.75, 3.05) is 5.73 Å². The van der Waals surface area contributed by atoms with E-state index in [0.717, 1.165) is 29.4 Å². The van der Waals surface area contributed by atoms with E-state index in [0.29, 0.717) is 0 Å². The topological polar surface area (TPSA) is 26.0 Å². The Hall–Kier alpha value is -0.980. The Morgan fingerprint density at radius 1 is 0.633 bits per heavy atom. The van der Waals surface area contributed by atoms with Gasteiger partial charge >= 0.3 is 0 Å². The third-order valence-electron chi connectivity index (χ3n) is 8.45. The molecule has 0 amide bonds. The van der Waals surface area contributed by atoms with Crippen LogP contribution in [-0.2, 0) is 0 Å². The Morgan fingerprint density at radius 3 is 1.70 bits per heavy atom. The van der Waals surface area contributed by atoms with Crippen LogP contribution in [0.4, 0.5) is 5.69 Å². The summed E-state index contributed by atoms with van der Waals surface area (Å²) >= 11 is 0. The molecular weight excluding hydrogens is 362 g/mol. The van der Waals surface area contributed by atoms with Crippen LogP contribution in [0.1, 0.15) is 134 Å². The lowest BCUT2D eigenvalue weighted by molar-refractivity contribution is 0.155. The van der Waals surface area contributed by atoms with Gasteiger partial charge in [0.15, 0.2) is 0 Å². The molecule has 0 atom stereocenters. The maximum atomic E-state index is 5.86. The predicted molar refractivity (Wildman–Crippen MR) is 133 cm³/mol. The summed E-state index contributed by atoms with van der Waals surface area (Å²) in [5.41, 5.74) is 8.27. The molecule has 0 aromatic heterocycles. The fourth-order valence-electron chi connectivity index (χ4n) is 6.38. The molecule has 1 aromatic carbocycles. The third-order valence-corrected chi connectivity index (χ3v) is 8.45. The van der Waals surface area contributed by atoms with Crippen LogP contribution in [0.15, 0.2) is 24.3 Å². The number of rotatable bonds is 12. The lowest BCUT2D eigenvalue weighted by Gasteiger charge is -2.38. The van der Waals surface area contributed by atoms with Crippen molar-refractivity contribution in [1.29, 1.82) is 0 Å². The Labute approximate surface area is 187 Å². The number of anilines is 1. The van der Waals surface area contributed by atoms with Crippen molar-refractivity contribution in [3.05, 3.63) is 29.8 Å². The Balaban J connectivity index is 1.22. The molecule has 0 saturated heterocycles. The van der Waals surface area contributed by atoms with Crippen LogP contribution in [0.3, 0.4) is 0 Å². The SMILES string of the molecule is CCCCCCCCCCCC1CCC(C2CCC(c3ccc(N)cc3)CC2)CC1. The van der Waals surface area contributed by atoms with Crippen LogP contribution in [0, 0.1) is 17.8 Å². The maximum absolute atomic E-state index is 5.86. The van der Waals surface area contributed by atoms with Crippen LogP contribution in [0.5, 0.6) is 0 Å². The Kier molecular flexibility index (Phi) is 10.6. The molecule has 0 bridgehead atoms. The zero-order valence-electron chi connectivity index (χ0n) is 19.9. The summed E-state index contributed by atoms with van der Waals surface area (Å²) < 4.78 is 0. The summed E-state index contributed by atoms with van der Waals surface area (Å²) in [6.07, 6.45) is 26.5. The van der Waals surface area contributed by atoms with Gasteiger partial charge in [0.25, 0.3) is 0 Å². The summed E-state index contributed by atoms with van der Waals surface area (Å²) in [4.78, 5) is 0. The molecule has 1 aromatic rings. The lowest BCUT2D eigenvalue weighted by Crippen LogP contribution is -2.25. The maximum Gasteiger partial charge on any atom is 0.0314 e. The van der Waals surface area contributed by atoms with Gasteiger partial charge in [0.1, 0.15) is 0 Å². The van der Waals surface area contributed by atoms with E-state index in [9.17, 15) is 0 Å². The minimum absolute atomic E-state index is 0.782. The summed E-state index contributed by atoms with van der Waals surface area (Å²) in [5, 5.41) is 0. The van der Waals surface area contributed by atoms with Crippen molar-refractivity contribution in [2.45, 2.75) is 128 Å². The fourth-order valence-corrected chi connectivity index (χ4v) is 6.38. The van der Waals surface area contributed by atoms with Crippen molar-refractivity contribution >= 4 is 5.69 Å². The molecule has 2 fully saturated rings. The molecule has 0 spiro atoms. The Morgan fingerprint density at radius 2 is 1.13 bits per heavy atom. The second kappa shape index (κ2) is 13.4. The standard InChI is InChI=1S/C29H49N/c1-2-3-4-5-6-7-8-9-10-11-24-12-14-25(15-13-24)26-16-18-27(19-17-26)28-20-22-29(30)23-21-28/h20-27H,2-19,30H2,1H3. The van der Waals surface area contributed by atoms with E-state index in [1.54, 1.807) is 0 Å². The average Bonchev–Trinajstić information content (AvgIpc) is 2.79. The summed E-state index contributed by atoms with van der Waals surface area (Å²) in [6.45, 7) is 2.31. The Bertz CT molecular complexity index is 546. The van der Waals surface area contributed by atoms with Gasteiger partial charge in [-0.05, 0) is 79.9 Å². The van der Waals surface area contributed by atoms with Gasteiger partial charge in [-0.25, -0.2) is 0 Å². The highest BCUT2D eigenvalue weighted by Crippen LogP contribution is 2.44. The number of hydrogen-bond acceptors (Lipinski definition) is 1. The average molecular weight is 412 g/mol. The van der Waals surface area contributed by atoms with Gasteiger partial charge in [-0.2, -0.15) is 0 Å². The van der Waals surface area contributed by atoms with Crippen LogP contribution in [0.25, 0.3) is 0 Å². The van der Waals surface area contributed by atoms with E-state index < -0.39 is 0 Å². The van der Waals surface area contributed by atoms with Crippen LogP contribution >= 0.6 is 0 Å². The lowest BCUT2D eigenvalue weighted by atomic mass is 9.68. The first-order valence-electron chi connectivity index (χ1n) is 13.6. The van der Waals surface area contributed by atoms with Gasteiger partial charge in [-0.3, -0.25) is 0 Å². The number of hydrogen-bond donors (Lipinski definition) is 1. The highest BCUT2D eigenvalue weighted by Gasteiger charge is 2.31. The van der Waals surface area contributed by atoms with Crippen LogP contribution in [0.2, 0.25) is 0 Å². The van der Waals surface area contributed by atoms with E-state index in [1.807, 2.05) is 0 Å². The largest absolute Gasteiger partial charge is 0.399 e. The molecule has 3 rings (SSSR count). The van der Waals surface area contributed by atoms with Crippen molar-refractivity contribution in [2.24, 2.45) is 17.8 Å². The molecule has 0 unspecified atom stereocenters. The molecule has 2 aliphatic carbocycles. The van der Waals surface area contributed by atoms with Crippen molar-refractivity contribution in [3.63, 3.8) is 0 Å². The molecule has 170 valence electrons. The van der Waals surface area contributed by atoms with E-state index in [2.05, 4.69) is 31.2 Å². The molecule has 0 aliphatic heterocycles. The second-order valence-electron chi connectivity index (χ2n) is 10.7. The predicted octanol–water partition coefficient (Wildman–Crippen LogP) is 9.27. The van der Waals surface area contributed by atoms with E-state index in [1.165, 1.54) is 121 Å². The van der Waals surface area contributed by atoms with Crippen molar-refractivity contribution in [1.82, 2.24) is 0 Å². The van der Waals surface area contributed by atoms with E-state index in [-0.39, 0.29) is 0 Å². The van der Waals surface area contributed by atoms with Gasteiger partial charge in [-0.1, -0.05) is 96.1 Å². The first-order valence-corrected chi connectivity index (χ1v) is 13.6. The number of nitrogen functional groups attached to an aromatic ring is 1. The van der Waals surface area contributed by atoms with Crippen LogP contribution in [-0.4, -0.2) is 0 Å². The summed E-state index contributed by atoms with van der Waals surface area (Å²) in [5.74, 6) is 3.89. The molecule has 2 aliphatic rings. The summed E-state index contributed by atoms with van der Waals surface area (Å²) in [7, 11) is 0. The highest BCUT2D eigenvalue weighted by molar-refractivity contribution is 5.40. The number of benzene rings is 1. The monoisotopic (exact) mass is 411 g/mol. The van der Waals surface area contributed by atoms with Gasteiger partial charge in [0.2, 0.25) is 0 Å².